The van der Waals surface area contributed by atoms with Crippen LogP contribution in [0.2, 0.25) is 5.02 Å². The van der Waals surface area contributed by atoms with Crippen molar-refractivity contribution in [1.82, 2.24) is 5.32 Å². The minimum atomic E-state index is -1.21. The maximum Gasteiger partial charge on any atom is 0.326 e. The zero-order valence-corrected chi connectivity index (χ0v) is 20.1. The number of rotatable bonds is 9. The van der Waals surface area contributed by atoms with E-state index in [9.17, 15) is 18.4 Å². The Morgan fingerprint density at radius 1 is 1.00 bits per heavy atom. The molecule has 0 spiro atoms. The molecule has 0 fully saturated rings. The molecule has 1 unspecified atom stereocenters. The summed E-state index contributed by atoms with van der Waals surface area (Å²) in [6, 6.07) is 14.9. The van der Waals surface area contributed by atoms with E-state index in [-0.39, 0.29) is 11.6 Å². The molecule has 0 bridgehead atoms. The van der Waals surface area contributed by atoms with Gasteiger partial charge in [0.25, 0.3) is 5.91 Å². The third-order valence-electron chi connectivity index (χ3n) is 4.95. The summed E-state index contributed by atoms with van der Waals surface area (Å²) < 4.78 is 39.0. The van der Waals surface area contributed by atoms with Gasteiger partial charge in [-0.3, -0.25) is 15.5 Å². The van der Waals surface area contributed by atoms with Crippen molar-refractivity contribution >= 4 is 35.1 Å². The maximum absolute atomic E-state index is 13.7. The normalized spacial score (nSPS) is 11.4. The molecule has 188 valence electrons. The highest BCUT2D eigenvalue weighted by Gasteiger charge is 2.21. The first-order valence-electron chi connectivity index (χ1n) is 11.1. The summed E-state index contributed by atoms with van der Waals surface area (Å²) in [6.07, 6.45) is 1.03. The summed E-state index contributed by atoms with van der Waals surface area (Å²) >= 11 is 5.96. The summed E-state index contributed by atoms with van der Waals surface area (Å²) in [4.78, 5) is 24.1. The van der Waals surface area contributed by atoms with Gasteiger partial charge in [0, 0.05) is 17.3 Å². The van der Waals surface area contributed by atoms with Gasteiger partial charge in [-0.1, -0.05) is 43.1 Å². The zero-order chi connectivity index (χ0) is 26.1. The standard InChI is InChI=1S/C26H24ClF2N3O4/c1-2-3-15-35-23(16-7-9-17(27)10-8-16)24(30)36-19-13-11-18(12-14-19)31-26(34)32-25(33)22-20(28)5-4-6-21(22)29/h4-14,23,30H,2-3,15H2,1H3,(H2,31,32,33,34). The molecule has 3 aromatic rings. The van der Waals surface area contributed by atoms with Crippen LogP contribution in [0.25, 0.3) is 0 Å². The molecule has 0 saturated carbocycles. The summed E-state index contributed by atoms with van der Waals surface area (Å²) in [5.41, 5.74) is 0.138. The number of anilines is 1. The van der Waals surface area contributed by atoms with Crippen LogP contribution in [0.15, 0.2) is 66.7 Å². The van der Waals surface area contributed by atoms with Crippen LogP contribution >= 0.6 is 11.6 Å². The van der Waals surface area contributed by atoms with Crippen LogP contribution in [0.1, 0.15) is 41.8 Å². The predicted molar refractivity (Wildman–Crippen MR) is 133 cm³/mol. The molecular weight excluding hydrogens is 492 g/mol. The molecule has 0 aliphatic heterocycles. The number of unbranched alkanes of at least 4 members (excludes halogenated alkanes) is 1. The van der Waals surface area contributed by atoms with Crippen LogP contribution < -0.4 is 15.4 Å². The van der Waals surface area contributed by atoms with Crippen molar-refractivity contribution in [3.63, 3.8) is 0 Å². The lowest BCUT2D eigenvalue weighted by molar-refractivity contribution is 0.0845. The van der Waals surface area contributed by atoms with Crippen LogP contribution in [0.5, 0.6) is 5.75 Å². The number of nitrogens with one attached hydrogen (secondary N) is 3. The second-order valence-corrected chi connectivity index (χ2v) is 8.09. The molecule has 0 radical (unpaired) electrons. The smallest absolute Gasteiger partial charge is 0.326 e. The van der Waals surface area contributed by atoms with E-state index in [1.54, 1.807) is 24.3 Å². The van der Waals surface area contributed by atoms with Crippen LogP contribution in [-0.2, 0) is 4.74 Å². The monoisotopic (exact) mass is 515 g/mol. The topological polar surface area (TPSA) is 101 Å². The first kappa shape index (κ1) is 26.8. The van der Waals surface area contributed by atoms with Crippen LogP contribution in [-0.4, -0.2) is 24.4 Å². The number of carbonyl (C=O) groups excluding carboxylic acids is 2. The minimum Gasteiger partial charge on any atom is -0.440 e. The fourth-order valence-electron chi connectivity index (χ4n) is 3.14. The first-order valence-corrected chi connectivity index (χ1v) is 11.5. The summed E-state index contributed by atoms with van der Waals surface area (Å²) in [5.74, 6) is -3.20. The highest BCUT2D eigenvalue weighted by molar-refractivity contribution is 6.30. The van der Waals surface area contributed by atoms with Crippen LogP contribution in [0.3, 0.4) is 0 Å². The summed E-state index contributed by atoms with van der Waals surface area (Å²) in [7, 11) is 0. The number of benzene rings is 3. The van der Waals surface area contributed by atoms with Gasteiger partial charge in [-0.25, -0.2) is 13.6 Å². The fraction of sp³-hybridized carbons (Fsp3) is 0.192. The average Bonchev–Trinajstić information content (AvgIpc) is 2.83. The highest BCUT2D eigenvalue weighted by atomic mass is 35.5. The zero-order valence-electron chi connectivity index (χ0n) is 19.3. The van der Waals surface area contributed by atoms with Gasteiger partial charge in [-0.15, -0.1) is 0 Å². The van der Waals surface area contributed by atoms with Crippen molar-refractivity contribution in [2.24, 2.45) is 0 Å². The molecule has 7 nitrogen and oxygen atoms in total. The quantitative estimate of drug-likeness (QED) is 0.172. The first-order chi connectivity index (χ1) is 17.3. The van der Waals surface area contributed by atoms with Crippen molar-refractivity contribution in [3.8, 4) is 5.75 Å². The second-order valence-electron chi connectivity index (χ2n) is 7.65. The van der Waals surface area contributed by atoms with E-state index < -0.39 is 35.2 Å². The lowest BCUT2D eigenvalue weighted by atomic mass is 10.1. The van der Waals surface area contributed by atoms with Gasteiger partial charge in [0.2, 0.25) is 5.90 Å². The second kappa shape index (κ2) is 12.8. The Morgan fingerprint density at radius 2 is 1.64 bits per heavy atom. The molecule has 0 aromatic heterocycles. The Labute approximate surface area is 211 Å². The number of carbonyl (C=O) groups is 2. The number of ether oxygens (including phenoxy) is 2. The number of hydrogen-bond donors (Lipinski definition) is 3. The lowest BCUT2D eigenvalue weighted by Crippen LogP contribution is -2.35. The van der Waals surface area contributed by atoms with E-state index >= 15 is 0 Å². The molecule has 1 atom stereocenters. The average molecular weight is 516 g/mol. The molecule has 3 N–H and O–H groups in total. The minimum absolute atomic E-state index is 0.135. The fourth-order valence-corrected chi connectivity index (χ4v) is 3.26. The molecule has 10 heteroatoms. The van der Waals surface area contributed by atoms with E-state index in [0.717, 1.165) is 31.0 Å². The predicted octanol–water partition coefficient (Wildman–Crippen LogP) is 6.49. The van der Waals surface area contributed by atoms with Crippen LogP contribution in [0.4, 0.5) is 19.3 Å². The number of halogens is 3. The van der Waals surface area contributed by atoms with Crippen LogP contribution in [0, 0.1) is 17.0 Å². The number of hydrogen-bond acceptors (Lipinski definition) is 5. The van der Waals surface area contributed by atoms with Crippen molar-refractivity contribution in [2.75, 3.05) is 11.9 Å². The van der Waals surface area contributed by atoms with Crippen molar-refractivity contribution in [3.05, 3.63) is 94.5 Å². The molecule has 3 rings (SSSR count). The molecule has 3 aromatic carbocycles. The summed E-state index contributed by atoms with van der Waals surface area (Å²) in [6.45, 7) is 2.48. The SMILES string of the molecule is CCCCOC(C(=N)Oc1ccc(NC(=O)NC(=O)c2c(F)cccc2F)cc1)c1ccc(Cl)cc1. The number of imide groups is 1. The van der Waals surface area contributed by atoms with E-state index in [2.05, 4.69) is 5.32 Å². The van der Waals surface area contributed by atoms with E-state index in [0.29, 0.717) is 22.9 Å². The van der Waals surface area contributed by atoms with Gasteiger partial charge in [-0.05, 0) is 60.5 Å². The third kappa shape index (κ3) is 7.34. The molecule has 0 saturated heterocycles. The molecular formula is C26H24ClF2N3O4. The molecule has 0 aliphatic rings. The van der Waals surface area contributed by atoms with Crippen molar-refractivity contribution in [2.45, 2.75) is 25.9 Å². The van der Waals surface area contributed by atoms with E-state index in [4.69, 9.17) is 26.5 Å². The third-order valence-corrected chi connectivity index (χ3v) is 5.20. The maximum atomic E-state index is 13.7. The Bertz CT molecular complexity index is 1200. The Kier molecular flexibility index (Phi) is 9.49. The number of urea groups is 1. The molecule has 3 amide bonds. The van der Waals surface area contributed by atoms with E-state index in [1.165, 1.54) is 24.3 Å². The molecule has 36 heavy (non-hydrogen) atoms. The number of amides is 3. The van der Waals surface area contributed by atoms with Crippen molar-refractivity contribution < 1.29 is 27.8 Å². The Balaban J connectivity index is 1.61. The van der Waals surface area contributed by atoms with Crippen molar-refractivity contribution in [1.29, 1.82) is 5.41 Å². The Hall–Kier alpha value is -3.82. The van der Waals surface area contributed by atoms with Gasteiger partial charge in [-0.2, -0.15) is 0 Å². The lowest BCUT2D eigenvalue weighted by Gasteiger charge is -2.19. The highest BCUT2D eigenvalue weighted by Crippen LogP contribution is 2.24. The Morgan fingerprint density at radius 3 is 2.25 bits per heavy atom. The van der Waals surface area contributed by atoms with Gasteiger partial charge < -0.3 is 14.8 Å². The largest absolute Gasteiger partial charge is 0.440 e. The van der Waals surface area contributed by atoms with Gasteiger partial charge in [0.15, 0.2) is 6.10 Å². The molecule has 0 heterocycles. The van der Waals surface area contributed by atoms with E-state index in [1.807, 2.05) is 12.2 Å². The molecule has 0 aliphatic carbocycles. The summed E-state index contributed by atoms with van der Waals surface area (Å²) in [5, 5.41) is 13.2. The van der Waals surface area contributed by atoms with Gasteiger partial charge >= 0.3 is 6.03 Å². The van der Waals surface area contributed by atoms with Gasteiger partial charge in [0.05, 0.1) is 0 Å². The van der Waals surface area contributed by atoms with Gasteiger partial charge in [0.1, 0.15) is 22.9 Å².